The summed E-state index contributed by atoms with van der Waals surface area (Å²) >= 11 is 5.75. The Bertz CT molecular complexity index is 496. The van der Waals surface area contributed by atoms with Gasteiger partial charge in [0.05, 0.1) is 6.10 Å². The first-order valence-electron chi connectivity index (χ1n) is 6.27. The second-order valence-corrected chi connectivity index (χ2v) is 4.87. The van der Waals surface area contributed by atoms with Crippen molar-refractivity contribution in [2.45, 2.75) is 13.0 Å². The van der Waals surface area contributed by atoms with E-state index in [1.165, 1.54) is 0 Å². The lowest BCUT2D eigenvalue weighted by molar-refractivity contribution is 0.128. The molecule has 2 atom stereocenters. The largest absolute Gasteiger partial charge is 0.457 e. The van der Waals surface area contributed by atoms with Crippen molar-refractivity contribution < 1.29 is 9.84 Å². The van der Waals surface area contributed by atoms with Gasteiger partial charge in [0.2, 0.25) is 0 Å². The van der Waals surface area contributed by atoms with Gasteiger partial charge in [0, 0.05) is 5.88 Å². The van der Waals surface area contributed by atoms with Gasteiger partial charge < -0.3 is 9.84 Å². The van der Waals surface area contributed by atoms with Crippen LogP contribution in [0.3, 0.4) is 0 Å². The highest BCUT2D eigenvalue weighted by Gasteiger charge is 2.15. The summed E-state index contributed by atoms with van der Waals surface area (Å²) in [5.74, 6) is 2.01. The van der Waals surface area contributed by atoms with Crippen LogP contribution in [-0.2, 0) is 0 Å². The van der Waals surface area contributed by atoms with Crippen molar-refractivity contribution in [2.24, 2.45) is 5.92 Å². The predicted molar refractivity (Wildman–Crippen MR) is 77.8 cm³/mol. The third-order valence-corrected chi connectivity index (χ3v) is 3.47. The lowest BCUT2D eigenvalue weighted by atomic mass is 9.99. The van der Waals surface area contributed by atoms with Crippen molar-refractivity contribution in [3.05, 3.63) is 60.2 Å². The normalized spacial score (nSPS) is 13.8. The summed E-state index contributed by atoms with van der Waals surface area (Å²) in [4.78, 5) is 0. The number of aliphatic hydroxyl groups excluding tert-OH is 1. The maximum atomic E-state index is 10.0. The smallest absolute Gasteiger partial charge is 0.127 e. The monoisotopic (exact) mass is 276 g/mol. The van der Waals surface area contributed by atoms with Crippen LogP contribution in [0.1, 0.15) is 18.6 Å². The Hall–Kier alpha value is -1.51. The fourth-order valence-electron chi connectivity index (χ4n) is 1.77. The number of para-hydroxylation sites is 1. The van der Waals surface area contributed by atoms with Crippen molar-refractivity contribution in [1.29, 1.82) is 0 Å². The molecule has 0 aliphatic rings. The quantitative estimate of drug-likeness (QED) is 0.821. The van der Waals surface area contributed by atoms with Crippen LogP contribution in [0, 0.1) is 5.92 Å². The molecule has 0 amide bonds. The number of ether oxygens (including phenoxy) is 1. The van der Waals surface area contributed by atoms with Crippen molar-refractivity contribution in [3.8, 4) is 11.5 Å². The molecule has 2 nitrogen and oxygen atoms in total. The molecule has 0 bridgehead atoms. The van der Waals surface area contributed by atoms with E-state index in [4.69, 9.17) is 16.3 Å². The lowest BCUT2D eigenvalue weighted by Gasteiger charge is -2.17. The van der Waals surface area contributed by atoms with Crippen molar-refractivity contribution in [3.63, 3.8) is 0 Å². The third kappa shape index (κ3) is 3.72. The molecule has 2 aromatic carbocycles. The summed E-state index contributed by atoms with van der Waals surface area (Å²) in [5.41, 5.74) is 0.855. The maximum absolute atomic E-state index is 10.0. The van der Waals surface area contributed by atoms with Gasteiger partial charge in [-0.05, 0) is 35.7 Å². The molecule has 2 unspecified atom stereocenters. The Morgan fingerprint density at radius 1 is 1.00 bits per heavy atom. The third-order valence-electron chi connectivity index (χ3n) is 2.98. The van der Waals surface area contributed by atoms with Gasteiger partial charge in [0.15, 0.2) is 0 Å². The van der Waals surface area contributed by atoms with E-state index in [-0.39, 0.29) is 5.92 Å². The van der Waals surface area contributed by atoms with Crippen molar-refractivity contribution >= 4 is 11.6 Å². The number of halogens is 1. The van der Waals surface area contributed by atoms with Gasteiger partial charge in [-0.25, -0.2) is 0 Å². The van der Waals surface area contributed by atoms with E-state index in [9.17, 15) is 5.11 Å². The van der Waals surface area contributed by atoms with Crippen LogP contribution in [0.2, 0.25) is 0 Å². The Balaban J connectivity index is 2.06. The molecule has 0 saturated carbocycles. The highest BCUT2D eigenvalue weighted by Crippen LogP contribution is 2.26. The van der Waals surface area contributed by atoms with E-state index in [2.05, 4.69) is 0 Å². The van der Waals surface area contributed by atoms with Gasteiger partial charge >= 0.3 is 0 Å². The van der Waals surface area contributed by atoms with E-state index in [1.807, 2.05) is 61.5 Å². The molecule has 2 rings (SSSR count). The first-order chi connectivity index (χ1) is 9.20. The van der Waals surface area contributed by atoms with E-state index in [0.717, 1.165) is 17.1 Å². The molecule has 0 aliphatic carbocycles. The number of hydrogen-bond donors (Lipinski definition) is 1. The summed E-state index contributed by atoms with van der Waals surface area (Å²) in [6.45, 7) is 1.92. The van der Waals surface area contributed by atoms with Gasteiger partial charge in [-0.1, -0.05) is 37.3 Å². The average Bonchev–Trinajstić information content (AvgIpc) is 2.47. The van der Waals surface area contributed by atoms with Crippen molar-refractivity contribution in [2.75, 3.05) is 5.88 Å². The number of aliphatic hydroxyl groups is 1. The highest BCUT2D eigenvalue weighted by atomic mass is 35.5. The molecular formula is C16H17ClO2. The first kappa shape index (κ1) is 13.9. The van der Waals surface area contributed by atoms with E-state index in [0.29, 0.717) is 5.88 Å². The van der Waals surface area contributed by atoms with Crippen molar-refractivity contribution in [1.82, 2.24) is 0 Å². The predicted octanol–water partition coefficient (Wildman–Crippen LogP) is 4.39. The molecule has 3 heteroatoms. The van der Waals surface area contributed by atoms with Crippen LogP contribution >= 0.6 is 11.6 Å². The minimum absolute atomic E-state index is 0.0301. The van der Waals surface area contributed by atoms with Crippen LogP contribution in [-0.4, -0.2) is 11.0 Å². The summed E-state index contributed by atoms with van der Waals surface area (Å²) in [7, 11) is 0. The molecule has 19 heavy (non-hydrogen) atoms. The lowest BCUT2D eigenvalue weighted by Crippen LogP contribution is -2.10. The van der Waals surface area contributed by atoms with Crippen LogP contribution in [0.5, 0.6) is 11.5 Å². The molecule has 0 saturated heterocycles. The second kappa shape index (κ2) is 6.60. The molecule has 2 aromatic rings. The Morgan fingerprint density at radius 2 is 1.58 bits per heavy atom. The Morgan fingerprint density at radius 3 is 2.16 bits per heavy atom. The molecule has 0 aliphatic heterocycles. The molecule has 0 fully saturated rings. The van der Waals surface area contributed by atoms with E-state index < -0.39 is 6.10 Å². The van der Waals surface area contributed by atoms with Gasteiger partial charge in [0.25, 0.3) is 0 Å². The van der Waals surface area contributed by atoms with Crippen LogP contribution in [0.15, 0.2) is 54.6 Å². The zero-order valence-corrected chi connectivity index (χ0v) is 11.5. The fraction of sp³-hybridized carbons (Fsp3) is 0.250. The van der Waals surface area contributed by atoms with Crippen LogP contribution in [0.4, 0.5) is 0 Å². The molecule has 100 valence electrons. The highest BCUT2D eigenvalue weighted by molar-refractivity contribution is 6.18. The van der Waals surface area contributed by atoms with Gasteiger partial charge in [0.1, 0.15) is 11.5 Å². The van der Waals surface area contributed by atoms with Crippen LogP contribution in [0.25, 0.3) is 0 Å². The molecule has 0 radical (unpaired) electrons. The topological polar surface area (TPSA) is 29.5 Å². The summed E-state index contributed by atoms with van der Waals surface area (Å²) in [6.07, 6.45) is -0.539. The summed E-state index contributed by atoms with van der Waals surface area (Å²) in [5, 5.41) is 10.0. The van der Waals surface area contributed by atoms with Gasteiger partial charge in [-0.3, -0.25) is 0 Å². The van der Waals surface area contributed by atoms with Crippen LogP contribution < -0.4 is 4.74 Å². The molecule has 0 aromatic heterocycles. The molecule has 0 heterocycles. The minimum atomic E-state index is -0.539. The standard InChI is InChI=1S/C16H17ClO2/c1-12(11-17)16(18)13-7-9-15(10-8-13)19-14-5-3-2-4-6-14/h2-10,12,16,18H,11H2,1H3. The number of alkyl halides is 1. The average molecular weight is 277 g/mol. The first-order valence-corrected chi connectivity index (χ1v) is 6.81. The number of benzene rings is 2. The van der Waals surface area contributed by atoms with Gasteiger partial charge in [-0.2, -0.15) is 0 Å². The maximum Gasteiger partial charge on any atom is 0.127 e. The minimum Gasteiger partial charge on any atom is -0.457 e. The Kier molecular flexibility index (Phi) is 4.83. The summed E-state index contributed by atoms with van der Waals surface area (Å²) < 4.78 is 5.69. The number of hydrogen-bond acceptors (Lipinski definition) is 2. The SMILES string of the molecule is CC(CCl)C(O)c1ccc(Oc2ccccc2)cc1. The van der Waals surface area contributed by atoms with E-state index >= 15 is 0 Å². The molecule has 0 spiro atoms. The molecular weight excluding hydrogens is 260 g/mol. The number of rotatable bonds is 5. The van der Waals surface area contributed by atoms with E-state index in [1.54, 1.807) is 0 Å². The zero-order valence-electron chi connectivity index (χ0n) is 10.8. The summed E-state index contributed by atoms with van der Waals surface area (Å²) in [6, 6.07) is 17.0. The molecule has 1 N–H and O–H groups in total. The zero-order chi connectivity index (χ0) is 13.7. The second-order valence-electron chi connectivity index (χ2n) is 4.56. The Labute approximate surface area is 118 Å². The van der Waals surface area contributed by atoms with Gasteiger partial charge in [-0.15, -0.1) is 11.6 Å². The fourth-order valence-corrected chi connectivity index (χ4v) is 1.94.